The second-order valence-electron chi connectivity index (χ2n) is 8.90. The molecule has 2 N–H and O–H groups in total. The summed E-state index contributed by atoms with van der Waals surface area (Å²) in [6.45, 7) is 4.03. The lowest BCUT2D eigenvalue weighted by Crippen LogP contribution is -2.39. The Morgan fingerprint density at radius 3 is 2.24 bits per heavy atom. The van der Waals surface area contributed by atoms with Gasteiger partial charge >= 0.3 is 12.1 Å². The number of rotatable bonds is 10. The first-order valence-electron chi connectivity index (χ1n) is 12.4. The summed E-state index contributed by atoms with van der Waals surface area (Å²) in [6.07, 6.45) is -0.485. The molecular formula is C30H31N3O5. The normalized spacial score (nSPS) is 12.4. The summed E-state index contributed by atoms with van der Waals surface area (Å²) in [5.41, 5.74) is 4.65. The quantitative estimate of drug-likeness (QED) is 0.257. The van der Waals surface area contributed by atoms with Crippen LogP contribution in [0.25, 0.3) is 11.3 Å². The van der Waals surface area contributed by atoms with Gasteiger partial charge in [0.1, 0.15) is 23.5 Å². The van der Waals surface area contributed by atoms with Crippen LogP contribution >= 0.6 is 0 Å². The molecule has 0 saturated heterocycles. The van der Waals surface area contributed by atoms with Crippen molar-refractivity contribution in [2.24, 2.45) is 0 Å². The average Bonchev–Trinajstić information content (AvgIpc) is 3.31. The molecule has 0 aliphatic carbocycles. The van der Waals surface area contributed by atoms with Crippen LogP contribution in [0.2, 0.25) is 0 Å². The molecule has 4 aromatic rings. The topological polar surface area (TPSA) is 103 Å². The molecule has 0 radical (unpaired) electrons. The summed E-state index contributed by atoms with van der Waals surface area (Å²) in [6, 6.07) is 26.4. The number of aryl methyl sites for hydroxylation is 1. The first kappa shape index (κ1) is 26.6. The third-order valence-corrected chi connectivity index (χ3v) is 6.18. The second-order valence-corrected chi connectivity index (χ2v) is 8.90. The van der Waals surface area contributed by atoms with Gasteiger partial charge in [0, 0.05) is 12.1 Å². The molecule has 2 atom stereocenters. The summed E-state index contributed by atoms with van der Waals surface area (Å²) in [7, 11) is 1.39. The van der Waals surface area contributed by atoms with Crippen molar-refractivity contribution in [3.05, 3.63) is 107 Å². The van der Waals surface area contributed by atoms with Crippen LogP contribution in [0.15, 0.2) is 89.5 Å². The molecule has 0 aliphatic rings. The first-order chi connectivity index (χ1) is 18.4. The highest BCUT2D eigenvalue weighted by molar-refractivity contribution is 5.90. The van der Waals surface area contributed by atoms with Crippen molar-refractivity contribution in [1.29, 1.82) is 0 Å². The fraction of sp³-hybridized carbons (Fsp3) is 0.233. The number of amides is 1. The maximum atomic E-state index is 12.6. The van der Waals surface area contributed by atoms with Crippen LogP contribution in [-0.2, 0) is 27.2 Å². The number of benzene rings is 3. The highest BCUT2D eigenvalue weighted by Crippen LogP contribution is 2.31. The number of carbonyl (C=O) groups excluding carboxylic acids is 2. The summed E-state index contributed by atoms with van der Waals surface area (Å²) in [4.78, 5) is 24.9. The van der Waals surface area contributed by atoms with E-state index >= 15 is 0 Å². The van der Waals surface area contributed by atoms with Crippen LogP contribution in [0.4, 0.5) is 10.5 Å². The molecule has 0 fully saturated rings. The Morgan fingerprint density at radius 1 is 0.921 bits per heavy atom. The van der Waals surface area contributed by atoms with Gasteiger partial charge in [0.05, 0.1) is 7.11 Å². The van der Waals surface area contributed by atoms with Gasteiger partial charge in [-0.1, -0.05) is 90.1 Å². The minimum atomic E-state index is -0.595. The van der Waals surface area contributed by atoms with Crippen molar-refractivity contribution in [2.45, 2.75) is 39.0 Å². The van der Waals surface area contributed by atoms with E-state index in [1.54, 1.807) is 6.92 Å². The molecule has 0 aliphatic heterocycles. The van der Waals surface area contributed by atoms with Crippen molar-refractivity contribution >= 4 is 17.7 Å². The zero-order valence-electron chi connectivity index (χ0n) is 21.6. The Balaban J connectivity index is 1.40. The van der Waals surface area contributed by atoms with Crippen molar-refractivity contribution in [3.8, 4) is 11.3 Å². The van der Waals surface area contributed by atoms with Gasteiger partial charge in [0.25, 0.3) is 0 Å². The molecule has 0 bridgehead atoms. The minimum absolute atomic E-state index is 0.313. The van der Waals surface area contributed by atoms with E-state index in [2.05, 4.69) is 15.8 Å². The molecule has 4 rings (SSSR count). The Labute approximate surface area is 222 Å². The van der Waals surface area contributed by atoms with Crippen LogP contribution in [0.5, 0.6) is 0 Å². The van der Waals surface area contributed by atoms with Gasteiger partial charge in [0.15, 0.2) is 5.76 Å². The van der Waals surface area contributed by atoms with E-state index in [9.17, 15) is 9.59 Å². The smallest absolute Gasteiger partial charge is 0.412 e. The zero-order chi connectivity index (χ0) is 26.9. The predicted octanol–water partition coefficient (Wildman–Crippen LogP) is 5.83. The number of esters is 1. The maximum absolute atomic E-state index is 12.6. The van der Waals surface area contributed by atoms with Crippen LogP contribution in [0, 0.1) is 6.92 Å². The van der Waals surface area contributed by atoms with Crippen molar-refractivity contribution < 1.29 is 23.6 Å². The first-order valence-corrected chi connectivity index (χ1v) is 12.4. The van der Waals surface area contributed by atoms with Gasteiger partial charge in [-0.15, -0.1) is 0 Å². The Bertz CT molecular complexity index is 1340. The summed E-state index contributed by atoms with van der Waals surface area (Å²) in [5, 5.41) is 10.1. The van der Waals surface area contributed by atoms with E-state index < -0.39 is 18.2 Å². The Kier molecular flexibility index (Phi) is 8.89. The van der Waals surface area contributed by atoms with Crippen LogP contribution in [0.1, 0.15) is 35.4 Å². The molecule has 1 unspecified atom stereocenters. The molecule has 8 nitrogen and oxygen atoms in total. The summed E-state index contributed by atoms with van der Waals surface area (Å²) in [5.74, 6) is 0.120. The number of nitrogens with zero attached hydrogens (tertiary/aromatic N) is 1. The number of anilines is 1. The van der Waals surface area contributed by atoms with E-state index in [-0.39, 0.29) is 5.97 Å². The minimum Gasteiger partial charge on any atom is -0.468 e. The molecule has 1 aromatic heterocycles. The maximum Gasteiger partial charge on any atom is 0.412 e. The molecule has 1 amide bonds. The van der Waals surface area contributed by atoms with E-state index in [1.807, 2.05) is 91.9 Å². The van der Waals surface area contributed by atoms with Gasteiger partial charge in [-0.05, 0) is 37.0 Å². The number of hydrogen-bond donors (Lipinski definition) is 2. The van der Waals surface area contributed by atoms with E-state index in [0.717, 1.165) is 22.3 Å². The molecule has 38 heavy (non-hydrogen) atoms. The standard InChI is InChI=1S/C30H31N3O5/c1-20-27(32-30(35)37-21(2)24-12-8-5-9-13-24)28(38-33-20)25-16-14-23(15-17-25)19-31-26(29(34)36-3)18-22-10-6-4-7-11-22/h4-17,21,26,31H,18-19H2,1-3H3,(H,32,35)/t21-,26?/m1/s1. The molecular weight excluding hydrogens is 482 g/mol. The molecule has 196 valence electrons. The van der Waals surface area contributed by atoms with Gasteiger partial charge in [-0.3, -0.25) is 10.1 Å². The number of methoxy groups -OCH3 is 1. The molecule has 0 saturated carbocycles. The van der Waals surface area contributed by atoms with Gasteiger partial charge in [-0.25, -0.2) is 4.79 Å². The number of carbonyl (C=O) groups is 2. The predicted molar refractivity (Wildman–Crippen MR) is 144 cm³/mol. The summed E-state index contributed by atoms with van der Waals surface area (Å²) >= 11 is 0. The molecule has 8 heteroatoms. The highest BCUT2D eigenvalue weighted by Gasteiger charge is 2.21. The van der Waals surface area contributed by atoms with Crippen LogP contribution in [0.3, 0.4) is 0 Å². The lowest BCUT2D eigenvalue weighted by molar-refractivity contribution is -0.143. The number of aromatic nitrogens is 1. The Morgan fingerprint density at radius 2 is 1.58 bits per heavy atom. The number of nitrogens with one attached hydrogen (secondary N) is 2. The fourth-order valence-corrected chi connectivity index (χ4v) is 4.04. The average molecular weight is 514 g/mol. The van der Waals surface area contributed by atoms with Gasteiger partial charge in [-0.2, -0.15) is 0 Å². The monoisotopic (exact) mass is 513 g/mol. The van der Waals surface area contributed by atoms with E-state index in [0.29, 0.717) is 30.1 Å². The fourth-order valence-electron chi connectivity index (χ4n) is 4.04. The van der Waals surface area contributed by atoms with E-state index in [1.165, 1.54) is 7.11 Å². The molecule has 1 heterocycles. The van der Waals surface area contributed by atoms with Crippen LogP contribution in [-0.4, -0.2) is 30.4 Å². The highest BCUT2D eigenvalue weighted by atomic mass is 16.6. The van der Waals surface area contributed by atoms with Crippen molar-refractivity contribution in [1.82, 2.24) is 10.5 Å². The number of hydrogen-bond acceptors (Lipinski definition) is 7. The van der Waals surface area contributed by atoms with E-state index in [4.69, 9.17) is 14.0 Å². The van der Waals surface area contributed by atoms with Crippen molar-refractivity contribution in [2.75, 3.05) is 12.4 Å². The van der Waals surface area contributed by atoms with Crippen LogP contribution < -0.4 is 10.6 Å². The molecule has 3 aromatic carbocycles. The lowest BCUT2D eigenvalue weighted by atomic mass is 10.0. The molecule has 0 spiro atoms. The SMILES string of the molecule is COC(=O)C(Cc1ccccc1)NCc1ccc(-c2onc(C)c2NC(=O)O[C@H](C)c2ccccc2)cc1. The third kappa shape index (κ3) is 6.86. The van der Waals surface area contributed by atoms with Crippen molar-refractivity contribution in [3.63, 3.8) is 0 Å². The number of ether oxygens (including phenoxy) is 2. The largest absolute Gasteiger partial charge is 0.468 e. The third-order valence-electron chi connectivity index (χ3n) is 6.18. The second kappa shape index (κ2) is 12.7. The van der Waals surface area contributed by atoms with Gasteiger partial charge in [0.2, 0.25) is 0 Å². The van der Waals surface area contributed by atoms with Gasteiger partial charge < -0.3 is 19.3 Å². The zero-order valence-corrected chi connectivity index (χ0v) is 21.6. The summed E-state index contributed by atoms with van der Waals surface area (Å²) < 4.78 is 16.0. The lowest BCUT2D eigenvalue weighted by Gasteiger charge is -2.17. The Hall–Kier alpha value is -4.43.